The van der Waals surface area contributed by atoms with Crippen LogP contribution in [0.4, 0.5) is 0 Å². The van der Waals surface area contributed by atoms with Gasteiger partial charge >= 0.3 is 0 Å². The van der Waals surface area contributed by atoms with E-state index < -0.39 is 0 Å². The standard InChI is InChI=1S/C13H24/c1-11-6-2-5-9-13(11)10-12-7-3-4-8-12/h11-13H,2-10H2,1H3. The lowest BCUT2D eigenvalue weighted by Crippen LogP contribution is -2.19. The fraction of sp³-hybridized carbons (Fsp3) is 1.00. The van der Waals surface area contributed by atoms with Crippen molar-refractivity contribution in [3.8, 4) is 0 Å². The van der Waals surface area contributed by atoms with E-state index in [1.807, 2.05) is 0 Å². The summed E-state index contributed by atoms with van der Waals surface area (Å²) in [7, 11) is 0. The SMILES string of the molecule is CC1CCCCC1CC1CCCC1. The smallest absolute Gasteiger partial charge is 0.0386 e. The number of hydrogen-bond acceptors (Lipinski definition) is 0. The molecule has 2 aliphatic rings. The normalized spacial score (nSPS) is 36.7. The molecule has 0 amide bonds. The average Bonchev–Trinajstić information content (AvgIpc) is 2.61. The third kappa shape index (κ3) is 2.48. The molecule has 2 atom stereocenters. The molecule has 2 saturated carbocycles. The molecule has 0 N–H and O–H groups in total. The summed E-state index contributed by atoms with van der Waals surface area (Å²) in [6.07, 6.45) is 13.8. The molecule has 0 aromatic rings. The van der Waals surface area contributed by atoms with Gasteiger partial charge in [0.05, 0.1) is 0 Å². The minimum Gasteiger partial charge on any atom is -0.0622 e. The molecule has 76 valence electrons. The first-order valence-electron chi connectivity index (χ1n) is 6.36. The first kappa shape index (κ1) is 9.55. The van der Waals surface area contributed by atoms with Crippen LogP contribution < -0.4 is 0 Å². The van der Waals surface area contributed by atoms with Crippen LogP contribution in [0.5, 0.6) is 0 Å². The Morgan fingerprint density at radius 3 is 2.15 bits per heavy atom. The van der Waals surface area contributed by atoms with E-state index in [1.54, 1.807) is 19.3 Å². The molecule has 0 spiro atoms. The molecular formula is C13H24. The second-order valence-corrected chi connectivity index (χ2v) is 5.41. The summed E-state index contributed by atoms with van der Waals surface area (Å²) in [5.41, 5.74) is 0. The minimum atomic E-state index is 1.04. The minimum absolute atomic E-state index is 1.04. The highest BCUT2D eigenvalue weighted by Crippen LogP contribution is 2.38. The average molecular weight is 180 g/mol. The maximum Gasteiger partial charge on any atom is -0.0386 e. The van der Waals surface area contributed by atoms with Crippen molar-refractivity contribution >= 4 is 0 Å². The van der Waals surface area contributed by atoms with Gasteiger partial charge in [0.15, 0.2) is 0 Å². The Morgan fingerprint density at radius 1 is 0.846 bits per heavy atom. The Hall–Kier alpha value is 0. The van der Waals surface area contributed by atoms with E-state index in [-0.39, 0.29) is 0 Å². The van der Waals surface area contributed by atoms with Gasteiger partial charge in [-0.2, -0.15) is 0 Å². The molecule has 2 fully saturated rings. The molecule has 0 saturated heterocycles. The van der Waals surface area contributed by atoms with Gasteiger partial charge in [-0.1, -0.05) is 58.3 Å². The molecule has 0 aromatic heterocycles. The topological polar surface area (TPSA) is 0 Å². The van der Waals surface area contributed by atoms with E-state index in [2.05, 4.69) is 6.92 Å². The van der Waals surface area contributed by atoms with Crippen LogP contribution in [0.25, 0.3) is 0 Å². The second-order valence-electron chi connectivity index (χ2n) is 5.41. The van der Waals surface area contributed by atoms with Crippen molar-refractivity contribution in [2.24, 2.45) is 17.8 Å². The summed E-state index contributed by atoms with van der Waals surface area (Å²) in [6.45, 7) is 2.48. The second kappa shape index (κ2) is 4.48. The van der Waals surface area contributed by atoms with Crippen LogP contribution in [0.2, 0.25) is 0 Å². The molecule has 0 heterocycles. The fourth-order valence-electron chi connectivity index (χ4n) is 3.42. The highest BCUT2D eigenvalue weighted by molar-refractivity contribution is 4.77. The Bertz CT molecular complexity index is 144. The Labute approximate surface area is 83.1 Å². The maximum atomic E-state index is 2.48. The van der Waals surface area contributed by atoms with E-state index in [4.69, 9.17) is 0 Å². The lowest BCUT2D eigenvalue weighted by Gasteiger charge is -2.30. The zero-order valence-corrected chi connectivity index (χ0v) is 9.10. The molecular weight excluding hydrogens is 156 g/mol. The van der Waals surface area contributed by atoms with Crippen molar-refractivity contribution < 1.29 is 0 Å². The molecule has 2 aliphatic carbocycles. The predicted octanol–water partition coefficient (Wildman–Crippen LogP) is 4.39. The van der Waals surface area contributed by atoms with E-state index >= 15 is 0 Å². The van der Waals surface area contributed by atoms with E-state index in [9.17, 15) is 0 Å². The van der Waals surface area contributed by atoms with Crippen molar-refractivity contribution in [2.75, 3.05) is 0 Å². The third-order valence-electron chi connectivity index (χ3n) is 4.40. The molecule has 0 bridgehead atoms. The van der Waals surface area contributed by atoms with Crippen LogP contribution in [0.1, 0.15) is 64.7 Å². The van der Waals surface area contributed by atoms with Gasteiger partial charge in [0, 0.05) is 0 Å². The van der Waals surface area contributed by atoms with Gasteiger partial charge in [-0.05, 0) is 24.2 Å². The molecule has 0 heteroatoms. The molecule has 0 aliphatic heterocycles. The van der Waals surface area contributed by atoms with Gasteiger partial charge in [0.25, 0.3) is 0 Å². The predicted molar refractivity (Wildman–Crippen MR) is 57.7 cm³/mol. The Morgan fingerprint density at radius 2 is 1.46 bits per heavy atom. The van der Waals surface area contributed by atoms with Gasteiger partial charge in [-0.15, -0.1) is 0 Å². The lowest BCUT2D eigenvalue weighted by atomic mass is 9.75. The van der Waals surface area contributed by atoms with Crippen molar-refractivity contribution in [1.29, 1.82) is 0 Å². The fourth-order valence-corrected chi connectivity index (χ4v) is 3.42. The molecule has 0 radical (unpaired) electrons. The largest absolute Gasteiger partial charge is 0.0622 e. The van der Waals surface area contributed by atoms with Crippen molar-refractivity contribution in [3.63, 3.8) is 0 Å². The first-order chi connectivity index (χ1) is 6.36. The molecule has 2 unspecified atom stereocenters. The van der Waals surface area contributed by atoms with E-state index in [1.165, 1.54) is 38.5 Å². The third-order valence-corrected chi connectivity index (χ3v) is 4.40. The highest BCUT2D eigenvalue weighted by atomic mass is 14.3. The van der Waals surface area contributed by atoms with Crippen molar-refractivity contribution in [3.05, 3.63) is 0 Å². The van der Waals surface area contributed by atoms with Crippen LogP contribution in [0.3, 0.4) is 0 Å². The summed E-state index contributed by atoms with van der Waals surface area (Å²) >= 11 is 0. The van der Waals surface area contributed by atoms with Crippen LogP contribution in [0, 0.1) is 17.8 Å². The van der Waals surface area contributed by atoms with Crippen LogP contribution in [-0.2, 0) is 0 Å². The van der Waals surface area contributed by atoms with Gasteiger partial charge in [0.2, 0.25) is 0 Å². The van der Waals surface area contributed by atoms with Gasteiger partial charge in [0.1, 0.15) is 0 Å². The van der Waals surface area contributed by atoms with Gasteiger partial charge < -0.3 is 0 Å². The Balaban J connectivity index is 1.78. The summed E-state index contributed by atoms with van der Waals surface area (Å²) in [4.78, 5) is 0. The molecule has 0 nitrogen and oxygen atoms in total. The summed E-state index contributed by atoms with van der Waals surface area (Å²) in [5, 5.41) is 0. The monoisotopic (exact) mass is 180 g/mol. The lowest BCUT2D eigenvalue weighted by molar-refractivity contribution is 0.211. The summed E-state index contributed by atoms with van der Waals surface area (Å²) < 4.78 is 0. The van der Waals surface area contributed by atoms with E-state index in [0.717, 1.165) is 17.8 Å². The van der Waals surface area contributed by atoms with Crippen molar-refractivity contribution in [1.82, 2.24) is 0 Å². The highest BCUT2D eigenvalue weighted by Gasteiger charge is 2.25. The van der Waals surface area contributed by atoms with Gasteiger partial charge in [-0.3, -0.25) is 0 Å². The summed E-state index contributed by atoms with van der Waals surface area (Å²) in [6, 6.07) is 0. The molecule has 2 rings (SSSR count). The van der Waals surface area contributed by atoms with Crippen LogP contribution >= 0.6 is 0 Å². The van der Waals surface area contributed by atoms with Crippen molar-refractivity contribution in [2.45, 2.75) is 64.7 Å². The zero-order chi connectivity index (χ0) is 9.10. The van der Waals surface area contributed by atoms with Gasteiger partial charge in [-0.25, -0.2) is 0 Å². The first-order valence-corrected chi connectivity index (χ1v) is 6.36. The van der Waals surface area contributed by atoms with Crippen LogP contribution in [-0.4, -0.2) is 0 Å². The Kier molecular flexibility index (Phi) is 3.29. The molecule has 13 heavy (non-hydrogen) atoms. The quantitative estimate of drug-likeness (QED) is 0.591. The number of rotatable bonds is 2. The van der Waals surface area contributed by atoms with E-state index in [0.29, 0.717) is 0 Å². The molecule has 0 aromatic carbocycles. The number of hydrogen-bond donors (Lipinski definition) is 0. The van der Waals surface area contributed by atoms with Crippen LogP contribution in [0.15, 0.2) is 0 Å². The maximum absolute atomic E-state index is 2.48. The zero-order valence-electron chi connectivity index (χ0n) is 9.10. The summed E-state index contributed by atoms with van der Waals surface area (Å²) in [5.74, 6) is 3.25.